The van der Waals surface area contributed by atoms with Crippen molar-refractivity contribution in [1.82, 2.24) is 0 Å². The van der Waals surface area contributed by atoms with Crippen molar-refractivity contribution < 1.29 is 9.63 Å². The van der Waals surface area contributed by atoms with E-state index in [9.17, 15) is 4.79 Å². The first-order valence-electron chi connectivity index (χ1n) is 6.22. The van der Waals surface area contributed by atoms with E-state index in [-0.39, 0.29) is 11.9 Å². The Morgan fingerprint density at radius 1 is 0.947 bits per heavy atom. The largest absolute Gasteiger partial charge is 0.344 e. The molecule has 0 spiro atoms. The molecule has 0 radical (unpaired) electrons. The third kappa shape index (κ3) is 2.40. The second kappa shape index (κ2) is 5.06. The predicted molar refractivity (Wildman–Crippen MR) is 72.7 cm³/mol. The van der Waals surface area contributed by atoms with Gasteiger partial charge >= 0.3 is 5.97 Å². The van der Waals surface area contributed by atoms with Gasteiger partial charge in [-0.15, -0.1) is 0 Å². The summed E-state index contributed by atoms with van der Waals surface area (Å²) in [5, 5.41) is 3.93. The molecule has 1 aliphatic heterocycles. The van der Waals surface area contributed by atoms with E-state index in [1.165, 1.54) is 0 Å². The Hall–Kier alpha value is -2.42. The molecule has 0 aromatic heterocycles. The van der Waals surface area contributed by atoms with Gasteiger partial charge in [0.2, 0.25) is 0 Å². The first-order valence-corrected chi connectivity index (χ1v) is 6.22. The van der Waals surface area contributed by atoms with Crippen molar-refractivity contribution in [2.24, 2.45) is 11.1 Å². The fourth-order valence-corrected chi connectivity index (χ4v) is 2.23. The highest BCUT2D eigenvalue weighted by atomic mass is 16.7. The Bertz CT molecular complexity index is 605. The van der Waals surface area contributed by atoms with Gasteiger partial charge in [0.25, 0.3) is 0 Å². The molecule has 3 heteroatoms. The zero-order valence-electron chi connectivity index (χ0n) is 10.3. The summed E-state index contributed by atoms with van der Waals surface area (Å²) in [7, 11) is 0. The van der Waals surface area contributed by atoms with Crippen LogP contribution in [-0.4, -0.2) is 11.7 Å². The lowest BCUT2D eigenvalue weighted by molar-refractivity contribution is -0.143. The van der Waals surface area contributed by atoms with Crippen LogP contribution in [0.1, 0.15) is 11.1 Å². The fraction of sp³-hybridized carbons (Fsp3) is 0.125. The van der Waals surface area contributed by atoms with Gasteiger partial charge in [-0.05, 0) is 12.0 Å². The minimum Gasteiger partial charge on any atom is -0.317 e. The number of hydrogen-bond donors (Lipinski definition) is 0. The highest BCUT2D eigenvalue weighted by Crippen LogP contribution is 2.22. The van der Waals surface area contributed by atoms with Gasteiger partial charge in [-0.25, -0.2) is 4.79 Å². The van der Waals surface area contributed by atoms with Crippen molar-refractivity contribution in [2.45, 2.75) is 6.42 Å². The zero-order chi connectivity index (χ0) is 13.1. The second-order valence-electron chi connectivity index (χ2n) is 4.50. The molecule has 0 saturated heterocycles. The molecule has 0 saturated carbocycles. The maximum atomic E-state index is 11.8. The van der Waals surface area contributed by atoms with Gasteiger partial charge in [-0.1, -0.05) is 65.8 Å². The number of carbonyl (C=O) groups is 1. The van der Waals surface area contributed by atoms with Crippen molar-refractivity contribution in [1.29, 1.82) is 0 Å². The third-order valence-electron chi connectivity index (χ3n) is 3.20. The average molecular weight is 251 g/mol. The van der Waals surface area contributed by atoms with Crippen LogP contribution >= 0.6 is 0 Å². The van der Waals surface area contributed by atoms with Crippen molar-refractivity contribution in [3.05, 3.63) is 71.8 Å². The summed E-state index contributed by atoms with van der Waals surface area (Å²) in [6, 6.07) is 19.6. The third-order valence-corrected chi connectivity index (χ3v) is 3.20. The van der Waals surface area contributed by atoms with Crippen LogP contribution in [0.5, 0.6) is 0 Å². The topological polar surface area (TPSA) is 38.7 Å². The minimum absolute atomic E-state index is 0.275. The summed E-state index contributed by atoms with van der Waals surface area (Å²) in [4.78, 5) is 16.7. The Kier molecular flexibility index (Phi) is 3.11. The summed E-state index contributed by atoms with van der Waals surface area (Å²) in [5.74, 6) is -0.590. The SMILES string of the molecule is O=C1ON=C(c2ccccc2)C1Cc1ccccc1. The first-order chi connectivity index (χ1) is 9.34. The van der Waals surface area contributed by atoms with E-state index in [0.717, 1.165) is 16.8 Å². The van der Waals surface area contributed by atoms with E-state index in [1.807, 2.05) is 60.7 Å². The normalized spacial score (nSPS) is 18.0. The molecule has 3 nitrogen and oxygen atoms in total. The molecular formula is C16H13NO2. The van der Waals surface area contributed by atoms with Gasteiger partial charge < -0.3 is 4.84 Å². The van der Waals surface area contributed by atoms with Crippen molar-refractivity contribution >= 4 is 11.7 Å². The van der Waals surface area contributed by atoms with E-state index >= 15 is 0 Å². The molecule has 2 aromatic carbocycles. The molecule has 0 aliphatic carbocycles. The summed E-state index contributed by atoms with van der Waals surface area (Å²) in [5.41, 5.74) is 2.76. The van der Waals surface area contributed by atoms with E-state index in [2.05, 4.69) is 5.16 Å². The Labute approximate surface area is 111 Å². The Morgan fingerprint density at radius 3 is 2.26 bits per heavy atom. The van der Waals surface area contributed by atoms with E-state index in [0.29, 0.717) is 6.42 Å². The van der Waals surface area contributed by atoms with Crippen molar-refractivity contribution in [2.75, 3.05) is 0 Å². The van der Waals surface area contributed by atoms with Crippen LogP contribution in [-0.2, 0) is 16.1 Å². The molecule has 0 bridgehead atoms. The number of hydrogen-bond acceptors (Lipinski definition) is 3. The van der Waals surface area contributed by atoms with E-state index in [1.54, 1.807) is 0 Å². The standard InChI is InChI=1S/C16H13NO2/c18-16-14(11-12-7-3-1-4-8-12)15(17-19-16)13-9-5-2-6-10-13/h1-10,14H,11H2. The zero-order valence-corrected chi connectivity index (χ0v) is 10.3. The maximum Gasteiger partial charge on any atom is 0.344 e. The number of oxime groups is 1. The van der Waals surface area contributed by atoms with Crippen LogP contribution in [0.25, 0.3) is 0 Å². The number of carbonyl (C=O) groups excluding carboxylic acids is 1. The highest BCUT2D eigenvalue weighted by molar-refractivity contribution is 6.14. The van der Waals surface area contributed by atoms with E-state index in [4.69, 9.17) is 4.84 Å². The molecule has 1 aliphatic rings. The summed E-state index contributed by atoms with van der Waals surface area (Å²) in [6.07, 6.45) is 0.618. The van der Waals surface area contributed by atoms with Crippen LogP contribution in [0.15, 0.2) is 65.8 Å². The molecule has 0 amide bonds. The monoisotopic (exact) mass is 251 g/mol. The van der Waals surface area contributed by atoms with E-state index < -0.39 is 0 Å². The van der Waals surface area contributed by atoms with Gasteiger partial charge in [0.05, 0.1) is 0 Å². The second-order valence-corrected chi connectivity index (χ2v) is 4.50. The molecule has 94 valence electrons. The predicted octanol–water partition coefficient (Wildman–Crippen LogP) is 2.81. The van der Waals surface area contributed by atoms with Gasteiger partial charge in [0.15, 0.2) is 0 Å². The van der Waals surface area contributed by atoms with Crippen LogP contribution in [0.3, 0.4) is 0 Å². The summed E-state index contributed by atoms with van der Waals surface area (Å²) in [6.45, 7) is 0. The first kappa shape index (κ1) is 11.7. The molecule has 0 fully saturated rings. The van der Waals surface area contributed by atoms with Gasteiger partial charge in [0.1, 0.15) is 11.6 Å². The lowest BCUT2D eigenvalue weighted by Gasteiger charge is -2.09. The van der Waals surface area contributed by atoms with Gasteiger partial charge in [0, 0.05) is 5.56 Å². The minimum atomic E-state index is -0.315. The maximum absolute atomic E-state index is 11.8. The molecule has 1 atom stereocenters. The number of rotatable bonds is 3. The summed E-state index contributed by atoms with van der Waals surface area (Å²) >= 11 is 0. The highest BCUT2D eigenvalue weighted by Gasteiger charge is 2.33. The Morgan fingerprint density at radius 2 is 1.58 bits per heavy atom. The van der Waals surface area contributed by atoms with Crippen molar-refractivity contribution in [3.8, 4) is 0 Å². The average Bonchev–Trinajstić information content (AvgIpc) is 2.82. The molecule has 1 heterocycles. The molecule has 1 unspecified atom stereocenters. The molecule has 0 N–H and O–H groups in total. The molecule has 19 heavy (non-hydrogen) atoms. The molecule has 2 aromatic rings. The Balaban J connectivity index is 1.87. The quantitative estimate of drug-likeness (QED) is 0.787. The molecule has 3 rings (SSSR count). The van der Waals surface area contributed by atoms with Crippen LogP contribution in [0, 0.1) is 5.92 Å². The lowest BCUT2D eigenvalue weighted by Crippen LogP contribution is -2.21. The van der Waals surface area contributed by atoms with Crippen LogP contribution < -0.4 is 0 Å². The van der Waals surface area contributed by atoms with Crippen LogP contribution in [0.4, 0.5) is 0 Å². The fourth-order valence-electron chi connectivity index (χ4n) is 2.23. The smallest absolute Gasteiger partial charge is 0.317 e. The number of nitrogens with zero attached hydrogens (tertiary/aromatic N) is 1. The number of benzene rings is 2. The summed E-state index contributed by atoms with van der Waals surface area (Å²) < 4.78 is 0. The molecular weight excluding hydrogens is 238 g/mol. The van der Waals surface area contributed by atoms with Gasteiger partial charge in [-0.2, -0.15) is 0 Å². The van der Waals surface area contributed by atoms with Crippen molar-refractivity contribution in [3.63, 3.8) is 0 Å². The van der Waals surface area contributed by atoms with Crippen LogP contribution in [0.2, 0.25) is 0 Å². The van der Waals surface area contributed by atoms with Gasteiger partial charge in [-0.3, -0.25) is 0 Å². The lowest BCUT2D eigenvalue weighted by atomic mass is 9.91.